The van der Waals surface area contributed by atoms with Gasteiger partial charge in [-0.1, -0.05) is 0 Å². The lowest BCUT2D eigenvalue weighted by Crippen LogP contribution is -2.41. The van der Waals surface area contributed by atoms with E-state index in [1.54, 1.807) is 0 Å². The van der Waals surface area contributed by atoms with Crippen LogP contribution in [0.4, 0.5) is 0 Å². The van der Waals surface area contributed by atoms with E-state index in [1.165, 1.54) is 64.8 Å². The first kappa shape index (κ1) is 83.8. The molecule has 5 fully saturated rings. The van der Waals surface area contributed by atoms with E-state index in [-0.39, 0.29) is 22.0 Å². The summed E-state index contributed by atoms with van der Waals surface area (Å²) in [4.78, 5) is 102. The average Bonchev–Trinajstić information content (AvgIpc) is 1.79. The summed E-state index contributed by atoms with van der Waals surface area (Å²) in [6, 6.07) is 5.13. The summed E-state index contributed by atoms with van der Waals surface area (Å²) >= 11 is 10.5. The molecule has 99 heavy (non-hydrogen) atoms. The first-order valence-electron chi connectivity index (χ1n) is 26.8. The predicted octanol–water partition coefficient (Wildman–Crippen LogP) is -6.53. The molecule has 5 aliphatic rings. The number of halogens is 2. The number of phosphoric acid groups is 6. The molecule has 0 saturated carbocycles. The Labute approximate surface area is 558 Å². The summed E-state index contributed by atoms with van der Waals surface area (Å²) in [6.45, 7) is -2.79. The molecule has 20 atom stereocenters. The highest BCUT2D eigenvalue weighted by Crippen LogP contribution is 2.80. The summed E-state index contributed by atoms with van der Waals surface area (Å²) in [6.07, 6.45) is -21.3. The van der Waals surface area contributed by atoms with Crippen LogP contribution in [0.15, 0.2) is 68.2 Å². The molecular formula is C40H63Cl2N12O38P7. The Morgan fingerprint density at radius 3 is 1.02 bits per heavy atom. The minimum absolute atomic E-state index is 0.0167. The van der Waals surface area contributed by atoms with E-state index >= 15 is 0 Å². The molecule has 4 aromatic rings. The van der Waals surface area contributed by atoms with E-state index in [4.69, 9.17) is 82.9 Å². The van der Waals surface area contributed by atoms with Gasteiger partial charge in [0.25, 0.3) is 0 Å². The zero-order valence-electron chi connectivity index (χ0n) is 50.2. The highest BCUT2D eigenvalue weighted by molar-refractivity contribution is 8.05. The highest BCUT2D eigenvalue weighted by Gasteiger charge is 2.56. The van der Waals surface area contributed by atoms with Gasteiger partial charge >= 0.3 is 75.8 Å². The molecule has 50 nitrogen and oxygen atoms in total. The van der Waals surface area contributed by atoms with Gasteiger partial charge in [-0.3, -0.25) is 71.8 Å². The number of nitrogens with one attached hydrogen (secondary N) is 4. The minimum atomic E-state index is -5.72. The highest BCUT2D eigenvalue weighted by atomic mass is 35.9. The van der Waals surface area contributed by atoms with Crippen LogP contribution < -0.4 is 44.7 Å². The molecule has 0 aromatic carbocycles. The van der Waals surface area contributed by atoms with Crippen molar-refractivity contribution in [1.82, 2.24) is 36.5 Å². The Kier molecular flexibility index (Phi) is 27.5. The van der Waals surface area contributed by atoms with Crippen LogP contribution in [-0.4, -0.2) is 212 Å². The van der Waals surface area contributed by atoms with Gasteiger partial charge < -0.3 is 98.8 Å². The topological polar surface area (TPSA) is 737 Å². The van der Waals surface area contributed by atoms with Crippen LogP contribution in [0, 0.1) is 21.6 Å². The number of phosphoric ester groups is 1. The average molecular weight is 1610 g/mol. The van der Waals surface area contributed by atoms with Crippen molar-refractivity contribution in [3.05, 3.63) is 113 Å². The zero-order valence-corrected chi connectivity index (χ0v) is 58.0. The third-order valence-electron chi connectivity index (χ3n) is 13.9. The second-order valence-electron chi connectivity index (χ2n) is 20.7. The maximum atomic E-state index is 12.2. The fraction of sp³-hybridized carbons (Fsp3) is 0.600. The molecular weight excluding hydrogens is 1540 g/mol. The van der Waals surface area contributed by atoms with Gasteiger partial charge in [0.1, 0.15) is 95.2 Å². The molecule has 5 saturated heterocycles. The number of aliphatic hydroxyl groups excluding tert-OH is 9. The maximum absolute atomic E-state index is 12.2. The van der Waals surface area contributed by atoms with Crippen LogP contribution in [0.25, 0.3) is 0 Å². The number of hydrogen-bond acceptors (Lipinski definition) is 36. The quantitative estimate of drug-likeness (QED) is 0.0412. The number of rotatable bonds is 18. The van der Waals surface area contributed by atoms with Crippen LogP contribution in [0.2, 0.25) is 0 Å². The third kappa shape index (κ3) is 21.1. The lowest BCUT2D eigenvalue weighted by molar-refractivity contribution is -0.0555. The van der Waals surface area contributed by atoms with Gasteiger partial charge in [0.2, 0.25) is 0 Å². The molecule has 5 aliphatic heterocycles. The second kappa shape index (κ2) is 32.5. The SMILES string of the molecule is Cn1c(=N)ccn([C@@H]2O[C@H](CO)C(O)[C@@H]2O)c1=O.Cn1c(=N)ccn([C@@H]2O[C@H](COP(=O)(Cl)Cl)C(O)[C@@H]2O)c1=O.Cn1c(=N)ccn([C@@H]2O[C@H](COP(=O)(O)OP(=O)(O)OP(=O)(O)O)C(O)[C@@H]2O)c1=O.Cn1c(=N)ccn([C@@H]2O[C@H](COP3(=O)OP(=O)(O)OP(=O)(O)O3)C(O)[C@@H]2O)c1=O. The van der Waals surface area contributed by atoms with Crippen molar-refractivity contribution in [3.63, 3.8) is 0 Å². The number of aliphatic hydroxyl groups is 9. The summed E-state index contributed by atoms with van der Waals surface area (Å²) in [5, 5.41) is 119. The van der Waals surface area contributed by atoms with Gasteiger partial charge in [0, 0.05) is 53.0 Å². The first-order chi connectivity index (χ1) is 45.3. The molecule has 0 amide bonds. The second-order valence-corrected chi connectivity index (χ2v) is 34.4. The molecule has 4 aromatic heterocycles. The normalized spacial score (nSPS) is 33.5. The van der Waals surface area contributed by atoms with Gasteiger partial charge in [0.15, 0.2) is 24.9 Å². The van der Waals surface area contributed by atoms with Crippen LogP contribution in [-0.2, 0) is 114 Å². The van der Waals surface area contributed by atoms with Crippen molar-refractivity contribution in [1.29, 1.82) is 21.6 Å². The molecule has 9 rings (SSSR count). The van der Waals surface area contributed by atoms with Crippen LogP contribution >= 0.6 is 75.5 Å². The van der Waals surface area contributed by atoms with Gasteiger partial charge in [0.05, 0.1) is 26.4 Å². The lowest BCUT2D eigenvalue weighted by Gasteiger charge is -2.27. The molecule has 560 valence electrons. The van der Waals surface area contributed by atoms with Crippen molar-refractivity contribution >= 4 is 75.5 Å². The van der Waals surface area contributed by atoms with Crippen molar-refractivity contribution in [2.45, 2.75) is 98.2 Å². The molecule has 9 heterocycles. The van der Waals surface area contributed by atoms with Gasteiger partial charge in [-0.15, -0.1) is 0 Å². The van der Waals surface area contributed by atoms with E-state index < -0.39 is 200 Å². The Bertz CT molecular complexity index is 4450. The monoisotopic (exact) mass is 1610 g/mol. The number of aromatic nitrogens is 8. The summed E-state index contributed by atoms with van der Waals surface area (Å²) < 4.78 is 141. The molecule has 0 spiro atoms. The zero-order chi connectivity index (χ0) is 74.9. The fourth-order valence-electron chi connectivity index (χ4n) is 8.86. The Morgan fingerprint density at radius 1 is 0.455 bits per heavy atom. The van der Waals surface area contributed by atoms with Crippen molar-refractivity contribution < 1.29 is 161 Å². The lowest BCUT2D eigenvalue weighted by atomic mass is 10.1. The molecule has 8 unspecified atom stereocenters. The Hall–Kier alpha value is -4.17. The van der Waals surface area contributed by atoms with E-state index in [2.05, 4.69) is 35.1 Å². The number of hydrogen-bond donors (Lipinski definition) is 19. The summed E-state index contributed by atoms with van der Waals surface area (Å²) in [7, 11) is -26.9. The van der Waals surface area contributed by atoms with Crippen LogP contribution in [0.3, 0.4) is 0 Å². The van der Waals surface area contributed by atoms with Crippen molar-refractivity contribution in [2.24, 2.45) is 28.2 Å². The van der Waals surface area contributed by atoms with Gasteiger partial charge in [-0.05, 0) is 46.7 Å². The number of ether oxygens (including phenoxy) is 4. The van der Waals surface area contributed by atoms with Gasteiger partial charge in [-0.25, -0.2) is 46.6 Å². The molecule has 19 N–H and O–H groups in total. The molecule has 59 heteroatoms. The van der Waals surface area contributed by atoms with E-state index in [0.29, 0.717) is 0 Å². The maximum Gasteiger partial charge on any atom is 0.492 e. The van der Waals surface area contributed by atoms with Gasteiger partial charge in [-0.2, -0.15) is 21.6 Å². The summed E-state index contributed by atoms with van der Waals surface area (Å²) in [5.74, 6) is 0. The minimum Gasteiger partial charge on any atom is -0.394 e. The van der Waals surface area contributed by atoms with Crippen molar-refractivity contribution in [2.75, 3.05) is 26.4 Å². The fourth-order valence-corrected chi connectivity index (χ4v) is 17.5. The molecule has 0 aliphatic carbocycles. The van der Waals surface area contributed by atoms with Crippen LogP contribution in [0.5, 0.6) is 0 Å². The smallest absolute Gasteiger partial charge is 0.394 e. The van der Waals surface area contributed by atoms with E-state index in [1.807, 2.05) is 0 Å². The number of nitrogens with zero attached hydrogens (tertiary/aromatic N) is 8. The molecule has 0 bridgehead atoms. The largest absolute Gasteiger partial charge is 0.492 e. The molecule has 0 radical (unpaired) electrons. The van der Waals surface area contributed by atoms with E-state index in [9.17, 15) is 107 Å². The summed E-state index contributed by atoms with van der Waals surface area (Å²) in [5.41, 5.74) is -2.99. The Morgan fingerprint density at radius 2 is 0.737 bits per heavy atom. The standard InChI is InChI=1S/C10H14Cl2N3O6P.C10H18N3O14P3.C10H16N3O13P3.C10H15N3O5/c1-14-6(13)2-3-15(10(14)18)9-8(17)7(16)5(21-9)4-20-22(11,12)19;1-12-6(11)2-3-13(10(12)16)9-8(15)7(14)5(25-9)4-24-29(20,21)27-30(22,23)26-28(17,18)19;1-12-6(11)2-3-13(10(12)16)9-8(15)7(14)5(23-9)4-22-29(21)25-27(17,18)24-28(19,20)26-29;1-12-6(11)2-3-13(10(12)17)9-8(16)7(15)5(4-14)18-9/h2-3,5,7-9,13,16-17H,4H2,1H3;2-3,5,7-9,11,14-15H,4H2,1H3,(H,20,21)(H,22,23)(H2,17,18,19);2-3,5,7-9,11,14-15H,4H2,1H3,(H,17,18)(H,19,20);2-3,5,7-9,11,14-16H,4H2,1H3/t4*5-,7?,8+,9-/m1111/s1. The predicted molar refractivity (Wildman–Crippen MR) is 314 cm³/mol. The van der Waals surface area contributed by atoms with Crippen molar-refractivity contribution in [3.8, 4) is 0 Å². The van der Waals surface area contributed by atoms with Crippen LogP contribution in [0.1, 0.15) is 24.9 Å². The first-order valence-corrected chi connectivity index (χ1v) is 39.2. The third-order valence-corrected chi connectivity index (χ3v) is 24.1. The van der Waals surface area contributed by atoms with E-state index in [0.717, 1.165) is 48.9 Å². The Balaban J connectivity index is 0.000000212.